The maximum absolute atomic E-state index is 2.26. The summed E-state index contributed by atoms with van der Waals surface area (Å²) in [5.41, 5.74) is 3.13. The van der Waals surface area contributed by atoms with Crippen LogP contribution < -0.4 is 0 Å². The molecular formula is C16H24Cl2Hf-6. The Hall–Kier alpha value is 0.150. The summed E-state index contributed by atoms with van der Waals surface area (Å²) < 4.78 is 0. The predicted molar refractivity (Wildman–Crippen MR) is 86.6 cm³/mol. The largest absolute Gasteiger partial charge is 0.748 e. The topological polar surface area (TPSA) is 0 Å². The third-order valence-corrected chi connectivity index (χ3v) is 2.60. The molecular weight excluding hydrogens is 442 g/mol. The molecule has 0 aliphatic carbocycles. The van der Waals surface area contributed by atoms with Gasteiger partial charge in [-0.25, -0.2) is 12.1 Å². The molecule has 0 saturated carbocycles. The van der Waals surface area contributed by atoms with E-state index in [4.69, 9.17) is 0 Å². The summed E-state index contributed by atoms with van der Waals surface area (Å²) in [4.78, 5) is 0. The fourth-order valence-electron chi connectivity index (χ4n) is 1.84. The molecule has 3 heteroatoms. The zero-order valence-corrected chi connectivity index (χ0v) is 17.0. The number of rotatable bonds is 4. The van der Waals surface area contributed by atoms with E-state index in [2.05, 4.69) is 32.0 Å². The summed E-state index contributed by atoms with van der Waals surface area (Å²) in [6, 6.07) is 16.7. The summed E-state index contributed by atoms with van der Waals surface area (Å²) in [5, 5.41) is 0. The molecule has 0 bridgehead atoms. The Morgan fingerprint density at radius 1 is 0.947 bits per heavy atom. The van der Waals surface area contributed by atoms with Crippen molar-refractivity contribution in [2.75, 3.05) is 0 Å². The molecule has 0 atom stereocenters. The van der Waals surface area contributed by atoms with Gasteiger partial charge in [-0.2, -0.15) is 17.2 Å². The molecule has 0 saturated heterocycles. The molecule has 0 aliphatic heterocycles. The van der Waals surface area contributed by atoms with Crippen LogP contribution in [0.1, 0.15) is 37.8 Å². The molecule has 19 heavy (non-hydrogen) atoms. The number of hydrogen-bond acceptors (Lipinski definition) is 0. The van der Waals surface area contributed by atoms with Gasteiger partial charge in [0.25, 0.3) is 0 Å². The quantitative estimate of drug-likeness (QED) is 0.410. The summed E-state index contributed by atoms with van der Waals surface area (Å²) in [7, 11) is 0. The number of hydrogen-bond donors (Lipinski definition) is 0. The standard InChI is InChI=1S/C11H17.C5H5.2ClH.Hf/c1-3-6-10-8-5-9-11(10)7-4-2;1-2-4-5-3-1;;;/h5,8-9H,3-4,6-7H2,1-2H3;1-5H;2*1H;/q-1;-5;;;. The second-order valence-corrected chi connectivity index (χ2v) is 4.04. The summed E-state index contributed by atoms with van der Waals surface area (Å²) in [5.74, 6) is 0. The second kappa shape index (κ2) is 16.2. The Balaban J connectivity index is -0.000000277. The average molecular weight is 466 g/mol. The first-order valence-electron chi connectivity index (χ1n) is 6.28. The van der Waals surface area contributed by atoms with Crippen molar-refractivity contribution >= 4 is 24.8 Å². The van der Waals surface area contributed by atoms with Crippen LogP contribution in [-0.4, -0.2) is 0 Å². The Labute approximate surface area is 149 Å². The Morgan fingerprint density at radius 3 is 1.89 bits per heavy atom. The van der Waals surface area contributed by atoms with E-state index in [1.165, 1.54) is 25.7 Å². The van der Waals surface area contributed by atoms with Crippen molar-refractivity contribution in [1.82, 2.24) is 0 Å². The van der Waals surface area contributed by atoms with E-state index in [0.29, 0.717) is 0 Å². The van der Waals surface area contributed by atoms with Crippen LogP contribution in [0.15, 0.2) is 48.5 Å². The van der Waals surface area contributed by atoms with E-state index in [-0.39, 0.29) is 50.7 Å². The van der Waals surface area contributed by atoms with Crippen LogP contribution in [0.25, 0.3) is 0 Å². The van der Waals surface area contributed by atoms with E-state index in [1.807, 2.05) is 30.3 Å². The number of aryl methyl sites for hydroxylation is 2. The van der Waals surface area contributed by atoms with Gasteiger partial charge in [0.15, 0.2) is 0 Å². The molecule has 0 heterocycles. The molecule has 2 aromatic carbocycles. The molecule has 0 amide bonds. The Kier molecular flexibility index (Phi) is 20.6. The van der Waals surface area contributed by atoms with Gasteiger partial charge in [0, 0.05) is 25.8 Å². The molecule has 2 rings (SSSR count). The molecule has 0 N–H and O–H groups in total. The van der Waals surface area contributed by atoms with Gasteiger partial charge in [-0.3, -0.25) is 0 Å². The predicted octanol–water partition coefficient (Wildman–Crippen LogP) is 5.56. The third-order valence-electron chi connectivity index (χ3n) is 2.60. The van der Waals surface area contributed by atoms with E-state index in [9.17, 15) is 0 Å². The maximum atomic E-state index is 2.26. The van der Waals surface area contributed by atoms with Gasteiger partial charge in [0.2, 0.25) is 0 Å². The Bertz CT molecular complexity index is 315. The minimum Gasteiger partial charge on any atom is -0.748 e. The van der Waals surface area contributed by atoms with Gasteiger partial charge >= 0.3 is 0 Å². The van der Waals surface area contributed by atoms with Crippen molar-refractivity contribution in [1.29, 1.82) is 0 Å². The van der Waals surface area contributed by atoms with Crippen molar-refractivity contribution in [2.45, 2.75) is 39.5 Å². The summed E-state index contributed by atoms with van der Waals surface area (Å²) in [6.45, 7) is 4.48. The van der Waals surface area contributed by atoms with Gasteiger partial charge in [-0.15, -0.1) is 24.8 Å². The van der Waals surface area contributed by atoms with Crippen LogP contribution >= 0.6 is 24.8 Å². The molecule has 0 spiro atoms. The number of halogens is 2. The van der Waals surface area contributed by atoms with Crippen LogP contribution in [0.5, 0.6) is 0 Å². The van der Waals surface area contributed by atoms with Gasteiger partial charge in [0.05, 0.1) is 0 Å². The molecule has 0 aliphatic rings. The van der Waals surface area contributed by atoms with Crippen LogP contribution in [-0.2, 0) is 38.7 Å². The van der Waals surface area contributed by atoms with Crippen LogP contribution in [0.2, 0.25) is 0 Å². The first kappa shape index (κ1) is 24.2. The van der Waals surface area contributed by atoms with Gasteiger partial charge in [-0.1, -0.05) is 39.5 Å². The Morgan fingerprint density at radius 2 is 1.47 bits per heavy atom. The van der Waals surface area contributed by atoms with Crippen LogP contribution in [0.4, 0.5) is 0 Å². The van der Waals surface area contributed by atoms with E-state index < -0.39 is 0 Å². The first-order chi connectivity index (χ1) is 7.88. The van der Waals surface area contributed by atoms with E-state index >= 15 is 0 Å². The zero-order chi connectivity index (χ0) is 11.6. The third kappa shape index (κ3) is 10.6. The molecule has 112 valence electrons. The average Bonchev–Trinajstić information content (AvgIpc) is 2.93. The molecule has 0 radical (unpaired) electrons. The maximum Gasteiger partial charge on any atom is 0 e. The molecule has 0 aromatic heterocycles. The van der Waals surface area contributed by atoms with Crippen molar-refractivity contribution in [3.05, 3.63) is 59.7 Å². The van der Waals surface area contributed by atoms with Crippen LogP contribution in [0, 0.1) is 0 Å². The minimum absolute atomic E-state index is 0. The smallest absolute Gasteiger partial charge is 0 e. The van der Waals surface area contributed by atoms with Crippen LogP contribution in [0.3, 0.4) is 0 Å². The van der Waals surface area contributed by atoms with Crippen molar-refractivity contribution in [3.63, 3.8) is 0 Å². The van der Waals surface area contributed by atoms with Gasteiger partial charge < -0.3 is 30.3 Å². The van der Waals surface area contributed by atoms with Crippen molar-refractivity contribution in [2.24, 2.45) is 0 Å². The SMILES string of the molecule is CCCc1ccc[c-]1CCC.Cl.Cl.[Hf].[cH-]1[cH-][cH-][cH-][cH-]1. The molecule has 0 unspecified atom stereocenters. The zero-order valence-electron chi connectivity index (χ0n) is 11.8. The van der Waals surface area contributed by atoms with E-state index in [1.54, 1.807) is 11.1 Å². The van der Waals surface area contributed by atoms with Gasteiger partial charge in [0.1, 0.15) is 0 Å². The first-order valence-corrected chi connectivity index (χ1v) is 6.28. The van der Waals surface area contributed by atoms with Gasteiger partial charge in [-0.05, 0) is 0 Å². The monoisotopic (exact) mass is 466 g/mol. The van der Waals surface area contributed by atoms with Crippen molar-refractivity contribution < 1.29 is 25.8 Å². The molecule has 0 fully saturated rings. The normalized spacial score (nSPS) is 8.11. The summed E-state index contributed by atoms with van der Waals surface area (Å²) >= 11 is 0. The molecule has 0 nitrogen and oxygen atoms in total. The fourth-order valence-corrected chi connectivity index (χ4v) is 1.84. The minimum atomic E-state index is 0. The summed E-state index contributed by atoms with van der Waals surface area (Å²) in [6.07, 6.45) is 5.03. The van der Waals surface area contributed by atoms with Crippen molar-refractivity contribution in [3.8, 4) is 0 Å². The van der Waals surface area contributed by atoms with E-state index in [0.717, 1.165) is 0 Å². The fraction of sp³-hybridized carbons (Fsp3) is 0.375. The molecule has 2 aromatic rings. The second-order valence-electron chi connectivity index (χ2n) is 4.04.